The molecule has 2 aromatic carbocycles. The van der Waals surface area contributed by atoms with E-state index in [1.165, 1.54) is 6.33 Å². The summed E-state index contributed by atoms with van der Waals surface area (Å²) in [4.78, 5) is 13.6. The van der Waals surface area contributed by atoms with Gasteiger partial charge in [0, 0.05) is 22.2 Å². The maximum Gasteiger partial charge on any atom is 0.227 e. The van der Waals surface area contributed by atoms with E-state index in [2.05, 4.69) is 20.2 Å². The number of nitrogens with zero attached hydrogens (tertiary/aromatic N) is 6. The van der Waals surface area contributed by atoms with Gasteiger partial charge in [-0.3, -0.25) is 4.57 Å². The van der Waals surface area contributed by atoms with Crippen molar-refractivity contribution < 1.29 is 4.42 Å². The van der Waals surface area contributed by atoms with Crippen LogP contribution in [-0.4, -0.2) is 29.7 Å². The second-order valence-electron chi connectivity index (χ2n) is 6.80. The number of para-hydroxylation sites is 2. The SMILES string of the molecule is Cc1ccc2c(n1)oc1c(-c3nc4ncnnc4n3-c3ccccc3)cccc12. The van der Waals surface area contributed by atoms with E-state index in [9.17, 15) is 0 Å². The third-order valence-corrected chi connectivity index (χ3v) is 4.98. The zero-order valence-electron chi connectivity index (χ0n) is 15.4. The monoisotopic (exact) mass is 378 g/mol. The van der Waals surface area contributed by atoms with Crippen molar-refractivity contribution in [3.63, 3.8) is 0 Å². The van der Waals surface area contributed by atoms with Gasteiger partial charge in [-0.25, -0.2) is 15.0 Å². The molecule has 0 saturated carbocycles. The molecular formula is C22H14N6O. The molecule has 6 aromatic rings. The van der Waals surface area contributed by atoms with Gasteiger partial charge in [-0.05, 0) is 37.3 Å². The Morgan fingerprint density at radius 2 is 1.76 bits per heavy atom. The van der Waals surface area contributed by atoms with Crippen molar-refractivity contribution in [2.24, 2.45) is 0 Å². The van der Waals surface area contributed by atoms with Gasteiger partial charge in [0.1, 0.15) is 11.9 Å². The van der Waals surface area contributed by atoms with Crippen LogP contribution in [0, 0.1) is 6.92 Å². The van der Waals surface area contributed by atoms with Crippen LogP contribution in [0.2, 0.25) is 0 Å². The first kappa shape index (κ1) is 15.9. The maximum absolute atomic E-state index is 6.18. The van der Waals surface area contributed by atoms with E-state index in [1.54, 1.807) is 0 Å². The van der Waals surface area contributed by atoms with E-state index < -0.39 is 0 Å². The first-order chi connectivity index (χ1) is 14.3. The fourth-order valence-corrected chi connectivity index (χ4v) is 3.69. The molecule has 0 fully saturated rings. The summed E-state index contributed by atoms with van der Waals surface area (Å²) in [6.07, 6.45) is 1.41. The molecule has 4 aromatic heterocycles. The van der Waals surface area contributed by atoms with E-state index in [0.29, 0.717) is 22.8 Å². The predicted molar refractivity (Wildman–Crippen MR) is 110 cm³/mol. The molecule has 7 nitrogen and oxygen atoms in total. The lowest BCUT2D eigenvalue weighted by Crippen LogP contribution is -1.99. The summed E-state index contributed by atoms with van der Waals surface area (Å²) in [5.74, 6) is 0.695. The average Bonchev–Trinajstić information content (AvgIpc) is 3.32. The Hall–Kier alpha value is -4.13. The molecule has 0 amide bonds. The average molecular weight is 378 g/mol. The van der Waals surface area contributed by atoms with Crippen molar-refractivity contribution in [2.75, 3.05) is 0 Å². The Labute approximate surface area is 164 Å². The fourth-order valence-electron chi connectivity index (χ4n) is 3.69. The highest BCUT2D eigenvalue weighted by Crippen LogP contribution is 2.36. The van der Waals surface area contributed by atoms with Crippen molar-refractivity contribution >= 4 is 33.4 Å². The number of fused-ring (bicyclic) bond motifs is 4. The largest absolute Gasteiger partial charge is 0.437 e. The van der Waals surface area contributed by atoms with Crippen molar-refractivity contribution in [3.8, 4) is 17.1 Å². The van der Waals surface area contributed by atoms with Crippen molar-refractivity contribution in [2.45, 2.75) is 6.92 Å². The number of hydrogen-bond acceptors (Lipinski definition) is 6. The summed E-state index contributed by atoms with van der Waals surface area (Å²) in [6.45, 7) is 1.95. The summed E-state index contributed by atoms with van der Waals surface area (Å²) in [7, 11) is 0. The second kappa shape index (κ2) is 5.93. The van der Waals surface area contributed by atoms with E-state index in [-0.39, 0.29) is 0 Å². The molecule has 29 heavy (non-hydrogen) atoms. The Balaban J connectivity index is 1.73. The molecule has 0 bridgehead atoms. The Bertz CT molecular complexity index is 1520. The van der Waals surface area contributed by atoms with Crippen LogP contribution in [-0.2, 0) is 0 Å². The number of hydrogen-bond donors (Lipinski definition) is 0. The molecule has 0 aliphatic carbocycles. The van der Waals surface area contributed by atoms with Gasteiger partial charge in [-0.2, -0.15) is 0 Å². The maximum atomic E-state index is 6.18. The van der Waals surface area contributed by atoms with Gasteiger partial charge in [-0.15, -0.1) is 10.2 Å². The van der Waals surface area contributed by atoms with Gasteiger partial charge in [-0.1, -0.05) is 30.3 Å². The molecule has 0 radical (unpaired) electrons. The van der Waals surface area contributed by atoms with Crippen molar-refractivity contribution in [1.82, 2.24) is 29.7 Å². The van der Waals surface area contributed by atoms with Gasteiger partial charge in [0.15, 0.2) is 5.82 Å². The highest BCUT2D eigenvalue weighted by Gasteiger charge is 2.21. The zero-order chi connectivity index (χ0) is 19.4. The van der Waals surface area contributed by atoms with Gasteiger partial charge >= 0.3 is 0 Å². The summed E-state index contributed by atoms with van der Waals surface area (Å²) < 4.78 is 8.14. The molecule has 0 atom stereocenters. The minimum Gasteiger partial charge on any atom is -0.437 e. The molecule has 0 saturated heterocycles. The summed E-state index contributed by atoms with van der Waals surface area (Å²) in [5, 5.41) is 10.2. The first-order valence-electron chi connectivity index (χ1n) is 9.20. The van der Waals surface area contributed by atoms with Gasteiger partial charge in [0.25, 0.3) is 0 Å². The minimum atomic E-state index is 0.529. The molecule has 138 valence electrons. The van der Waals surface area contributed by atoms with Crippen molar-refractivity contribution in [3.05, 3.63) is 72.7 Å². The molecule has 0 aliphatic rings. The zero-order valence-corrected chi connectivity index (χ0v) is 15.4. The van der Waals surface area contributed by atoms with Crippen LogP contribution in [0.15, 0.2) is 71.4 Å². The lowest BCUT2D eigenvalue weighted by atomic mass is 10.1. The normalized spacial score (nSPS) is 11.6. The van der Waals surface area contributed by atoms with Crippen LogP contribution in [0.5, 0.6) is 0 Å². The fraction of sp³-hybridized carbons (Fsp3) is 0.0455. The molecule has 6 rings (SSSR count). The summed E-state index contributed by atoms with van der Waals surface area (Å²) in [5.41, 5.74) is 5.16. The smallest absolute Gasteiger partial charge is 0.227 e. The Morgan fingerprint density at radius 3 is 2.66 bits per heavy atom. The predicted octanol–water partition coefficient (Wildman–Crippen LogP) is 4.48. The Kier molecular flexibility index (Phi) is 3.25. The van der Waals surface area contributed by atoms with Gasteiger partial charge in [0.05, 0.1) is 5.56 Å². The van der Waals surface area contributed by atoms with E-state index in [4.69, 9.17) is 9.40 Å². The van der Waals surface area contributed by atoms with E-state index in [0.717, 1.165) is 33.3 Å². The lowest BCUT2D eigenvalue weighted by molar-refractivity contribution is 0.653. The van der Waals surface area contributed by atoms with Gasteiger partial charge < -0.3 is 4.42 Å². The third kappa shape index (κ3) is 2.34. The molecule has 0 spiro atoms. The molecular weight excluding hydrogens is 364 g/mol. The molecule has 4 heterocycles. The number of rotatable bonds is 2. The highest BCUT2D eigenvalue weighted by molar-refractivity contribution is 6.08. The lowest BCUT2D eigenvalue weighted by Gasteiger charge is -2.08. The van der Waals surface area contributed by atoms with Crippen molar-refractivity contribution in [1.29, 1.82) is 0 Å². The second-order valence-corrected chi connectivity index (χ2v) is 6.80. The minimum absolute atomic E-state index is 0.529. The Morgan fingerprint density at radius 1 is 0.862 bits per heavy atom. The van der Waals surface area contributed by atoms with E-state index >= 15 is 0 Å². The molecule has 7 heteroatoms. The third-order valence-electron chi connectivity index (χ3n) is 4.98. The molecule has 0 N–H and O–H groups in total. The van der Waals surface area contributed by atoms with Crippen LogP contribution >= 0.6 is 0 Å². The molecule has 0 unspecified atom stereocenters. The van der Waals surface area contributed by atoms with Crippen LogP contribution in [0.1, 0.15) is 5.69 Å². The van der Waals surface area contributed by atoms with Crippen LogP contribution < -0.4 is 0 Å². The standard InChI is InChI=1S/C22H14N6O/c1-13-10-11-16-15-8-5-9-17(18(15)29-22(16)25-13)20-26-19-21(27-24-12-23-19)28(20)14-6-3-2-4-7-14/h2-12H,1H3. The topological polar surface area (TPSA) is 82.5 Å². The molecule has 0 aliphatic heterocycles. The number of pyridine rings is 1. The highest BCUT2D eigenvalue weighted by atomic mass is 16.3. The number of aryl methyl sites for hydroxylation is 1. The number of imidazole rings is 1. The number of furan rings is 1. The number of benzene rings is 2. The number of aromatic nitrogens is 6. The van der Waals surface area contributed by atoms with E-state index in [1.807, 2.05) is 72.2 Å². The first-order valence-corrected chi connectivity index (χ1v) is 9.20. The van der Waals surface area contributed by atoms with Crippen LogP contribution in [0.25, 0.3) is 50.4 Å². The summed E-state index contributed by atoms with van der Waals surface area (Å²) in [6, 6.07) is 20.0. The van der Waals surface area contributed by atoms with Gasteiger partial charge in [0.2, 0.25) is 17.0 Å². The summed E-state index contributed by atoms with van der Waals surface area (Å²) >= 11 is 0. The quantitative estimate of drug-likeness (QED) is 0.442. The van der Waals surface area contributed by atoms with Crippen LogP contribution in [0.3, 0.4) is 0 Å². The van der Waals surface area contributed by atoms with Crippen LogP contribution in [0.4, 0.5) is 0 Å².